The van der Waals surface area contributed by atoms with E-state index in [0.29, 0.717) is 30.9 Å². The number of rotatable bonds is 7. The highest BCUT2D eigenvalue weighted by Crippen LogP contribution is 2.22. The van der Waals surface area contributed by atoms with Crippen molar-refractivity contribution in [2.24, 2.45) is 5.73 Å². The third-order valence-corrected chi connectivity index (χ3v) is 3.94. The minimum atomic E-state index is -3.54. The first-order valence-corrected chi connectivity index (χ1v) is 7.04. The smallest absolute Gasteiger partial charge is 0.301 e. The second-order valence-electron chi connectivity index (χ2n) is 3.63. The molecule has 0 radical (unpaired) electrons. The van der Waals surface area contributed by atoms with Gasteiger partial charge in [0.1, 0.15) is 5.75 Å². The summed E-state index contributed by atoms with van der Waals surface area (Å²) in [5.74, 6) is 0.608. The molecule has 1 rings (SSSR count). The number of ether oxygens (including phenoxy) is 1. The van der Waals surface area contributed by atoms with E-state index >= 15 is 0 Å². The number of nitrogens with zero attached hydrogens (tertiary/aromatic N) is 1. The number of hydrogen-bond acceptors (Lipinski definition) is 4. The molecule has 0 aliphatic rings. The van der Waals surface area contributed by atoms with Crippen molar-refractivity contribution in [1.29, 1.82) is 0 Å². The van der Waals surface area contributed by atoms with E-state index in [1.807, 2.05) is 0 Å². The molecule has 1 aromatic carbocycles. The number of hydrogen-bond donors (Lipinski definition) is 2. The van der Waals surface area contributed by atoms with Crippen LogP contribution in [0.3, 0.4) is 0 Å². The van der Waals surface area contributed by atoms with Gasteiger partial charge in [0.25, 0.3) is 0 Å². The Balaban J connectivity index is 3.08. The molecule has 6 nitrogen and oxygen atoms in total. The molecule has 1 aromatic rings. The largest absolute Gasteiger partial charge is 0.497 e. The van der Waals surface area contributed by atoms with E-state index in [1.165, 1.54) is 18.5 Å². The number of nitrogens with one attached hydrogen (secondary N) is 1. The maximum absolute atomic E-state index is 11.9. The Morgan fingerprint density at radius 1 is 1.44 bits per heavy atom. The molecule has 3 N–H and O–H groups in total. The summed E-state index contributed by atoms with van der Waals surface area (Å²) in [7, 11) is -0.621. The molecule has 0 heterocycles. The van der Waals surface area contributed by atoms with Gasteiger partial charge in [0.05, 0.1) is 12.8 Å². The van der Waals surface area contributed by atoms with Crippen LogP contribution in [0.1, 0.15) is 6.42 Å². The van der Waals surface area contributed by atoms with Crippen LogP contribution < -0.4 is 19.5 Å². The lowest BCUT2D eigenvalue weighted by Crippen LogP contribution is -2.40. The molecule has 0 aliphatic heterocycles. The van der Waals surface area contributed by atoms with Gasteiger partial charge < -0.3 is 10.5 Å². The molecule has 0 saturated heterocycles. The molecule has 0 aliphatic carbocycles. The summed E-state index contributed by atoms with van der Waals surface area (Å²) < 4.78 is 32.5. The monoisotopic (exact) mass is 273 g/mol. The number of benzene rings is 1. The van der Waals surface area contributed by atoms with Crippen molar-refractivity contribution in [3.8, 4) is 5.75 Å². The number of anilines is 1. The zero-order valence-electron chi connectivity index (χ0n) is 10.6. The molecule has 0 fully saturated rings. The predicted molar refractivity (Wildman–Crippen MR) is 72.0 cm³/mol. The van der Waals surface area contributed by atoms with Gasteiger partial charge in [-0.1, -0.05) is 6.07 Å². The molecule has 0 aromatic heterocycles. The van der Waals surface area contributed by atoms with E-state index in [1.54, 1.807) is 24.3 Å². The predicted octanol–water partition coefficient (Wildman–Crippen LogP) is 0.315. The Bertz CT molecular complexity index is 476. The molecule has 18 heavy (non-hydrogen) atoms. The second-order valence-corrected chi connectivity index (χ2v) is 5.42. The Hall–Kier alpha value is -1.31. The standard InChI is InChI=1S/C11H19N3O3S/c1-13-18(15,16)14(8-4-7-12)10-5-3-6-11(9-10)17-2/h3,5-6,9,13H,4,7-8,12H2,1-2H3. The Morgan fingerprint density at radius 2 is 2.17 bits per heavy atom. The minimum absolute atomic E-state index is 0.326. The van der Waals surface area contributed by atoms with Crippen molar-refractivity contribution in [1.82, 2.24) is 4.72 Å². The number of nitrogens with two attached hydrogens (primary N) is 1. The fraction of sp³-hybridized carbons (Fsp3) is 0.455. The minimum Gasteiger partial charge on any atom is -0.497 e. The zero-order valence-corrected chi connectivity index (χ0v) is 11.4. The third kappa shape index (κ3) is 3.59. The Labute approximate surface area is 108 Å². The van der Waals surface area contributed by atoms with E-state index in [-0.39, 0.29) is 0 Å². The van der Waals surface area contributed by atoms with Gasteiger partial charge in [-0.05, 0) is 25.1 Å². The summed E-state index contributed by atoms with van der Waals surface area (Å²) in [6, 6.07) is 6.89. The van der Waals surface area contributed by atoms with Crippen LogP contribution in [0, 0.1) is 0 Å². The maximum atomic E-state index is 11.9. The molecule has 102 valence electrons. The summed E-state index contributed by atoms with van der Waals surface area (Å²) >= 11 is 0. The van der Waals surface area contributed by atoms with E-state index in [4.69, 9.17) is 10.5 Å². The van der Waals surface area contributed by atoms with Crippen molar-refractivity contribution < 1.29 is 13.2 Å². The summed E-state index contributed by atoms with van der Waals surface area (Å²) in [5, 5.41) is 0. The van der Waals surface area contributed by atoms with E-state index in [9.17, 15) is 8.42 Å². The molecule has 0 atom stereocenters. The highest BCUT2D eigenvalue weighted by molar-refractivity contribution is 7.90. The first-order chi connectivity index (χ1) is 8.55. The fourth-order valence-corrected chi connectivity index (χ4v) is 2.48. The van der Waals surface area contributed by atoms with Gasteiger partial charge in [-0.2, -0.15) is 8.42 Å². The normalized spacial score (nSPS) is 11.3. The Kier molecular flexibility index (Phi) is 5.39. The topological polar surface area (TPSA) is 84.7 Å². The van der Waals surface area contributed by atoms with Crippen LogP contribution in [0.5, 0.6) is 5.75 Å². The molecule has 0 amide bonds. The Morgan fingerprint density at radius 3 is 2.72 bits per heavy atom. The third-order valence-electron chi connectivity index (χ3n) is 2.45. The van der Waals surface area contributed by atoms with Gasteiger partial charge in [-0.25, -0.2) is 4.72 Å². The number of methoxy groups -OCH3 is 1. The molecule has 0 spiro atoms. The van der Waals surface area contributed by atoms with Crippen molar-refractivity contribution in [3.05, 3.63) is 24.3 Å². The van der Waals surface area contributed by atoms with Crippen molar-refractivity contribution in [3.63, 3.8) is 0 Å². The molecule has 0 unspecified atom stereocenters. The summed E-state index contributed by atoms with van der Waals surface area (Å²) in [6.07, 6.45) is 0.581. The quantitative estimate of drug-likeness (QED) is 0.749. The zero-order chi connectivity index (χ0) is 13.6. The van der Waals surface area contributed by atoms with Gasteiger partial charge in [0, 0.05) is 19.7 Å². The van der Waals surface area contributed by atoms with Crippen molar-refractivity contribution in [2.45, 2.75) is 6.42 Å². The highest BCUT2D eigenvalue weighted by atomic mass is 32.2. The molecule has 7 heteroatoms. The summed E-state index contributed by atoms with van der Waals surface area (Å²) in [6.45, 7) is 0.756. The lowest BCUT2D eigenvalue weighted by Gasteiger charge is -2.23. The second kappa shape index (κ2) is 6.58. The SMILES string of the molecule is CNS(=O)(=O)N(CCCN)c1cccc(OC)c1. The van der Waals surface area contributed by atoms with Gasteiger partial charge >= 0.3 is 10.2 Å². The van der Waals surface area contributed by atoms with Crippen LogP contribution in [0.4, 0.5) is 5.69 Å². The van der Waals surface area contributed by atoms with Gasteiger partial charge in [0.2, 0.25) is 0 Å². The molecule has 0 saturated carbocycles. The average Bonchev–Trinajstić information content (AvgIpc) is 2.39. The average molecular weight is 273 g/mol. The van der Waals surface area contributed by atoms with E-state index in [0.717, 1.165) is 0 Å². The van der Waals surface area contributed by atoms with Crippen molar-refractivity contribution in [2.75, 3.05) is 31.6 Å². The lowest BCUT2D eigenvalue weighted by molar-refractivity contribution is 0.415. The van der Waals surface area contributed by atoms with Gasteiger partial charge in [-0.3, -0.25) is 4.31 Å². The molecule has 0 bridgehead atoms. The van der Waals surface area contributed by atoms with E-state index < -0.39 is 10.2 Å². The van der Waals surface area contributed by atoms with Crippen LogP contribution >= 0.6 is 0 Å². The fourth-order valence-electron chi connectivity index (χ4n) is 1.50. The van der Waals surface area contributed by atoms with Gasteiger partial charge in [-0.15, -0.1) is 0 Å². The maximum Gasteiger partial charge on any atom is 0.301 e. The van der Waals surface area contributed by atoms with Crippen LogP contribution in [0.15, 0.2) is 24.3 Å². The first-order valence-electron chi connectivity index (χ1n) is 5.60. The van der Waals surface area contributed by atoms with Crippen LogP contribution in [0.2, 0.25) is 0 Å². The molecular formula is C11H19N3O3S. The first kappa shape index (κ1) is 14.7. The van der Waals surface area contributed by atoms with Crippen LogP contribution in [-0.4, -0.2) is 35.7 Å². The van der Waals surface area contributed by atoms with Crippen molar-refractivity contribution >= 4 is 15.9 Å². The van der Waals surface area contributed by atoms with Crippen LogP contribution in [-0.2, 0) is 10.2 Å². The summed E-state index contributed by atoms with van der Waals surface area (Å²) in [5.41, 5.74) is 5.98. The van der Waals surface area contributed by atoms with Gasteiger partial charge in [0.15, 0.2) is 0 Å². The molecular weight excluding hydrogens is 254 g/mol. The van der Waals surface area contributed by atoms with E-state index in [2.05, 4.69) is 4.72 Å². The highest BCUT2D eigenvalue weighted by Gasteiger charge is 2.20. The van der Waals surface area contributed by atoms with Crippen LogP contribution in [0.25, 0.3) is 0 Å². The summed E-state index contributed by atoms with van der Waals surface area (Å²) in [4.78, 5) is 0. The lowest BCUT2D eigenvalue weighted by atomic mass is 10.3.